The minimum Gasteiger partial charge on any atom is -0.481 e. The molecule has 0 spiro atoms. The molecule has 0 N–H and O–H groups in total. The van der Waals surface area contributed by atoms with Crippen molar-refractivity contribution in [3.05, 3.63) is 40.8 Å². The fraction of sp³-hybridized carbons (Fsp3) is 0.429. The van der Waals surface area contributed by atoms with Crippen LogP contribution in [0.1, 0.15) is 22.6 Å². The normalized spacial score (nSPS) is 20.7. The van der Waals surface area contributed by atoms with Crippen LogP contribution in [0.25, 0.3) is 0 Å². The number of aromatic nitrogens is 6. The minimum absolute atomic E-state index is 0.173. The van der Waals surface area contributed by atoms with Crippen molar-refractivity contribution < 1.29 is 18.9 Å². The Morgan fingerprint density at radius 1 is 0.844 bits per heavy atom. The fourth-order valence-electron chi connectivity index (χ4n) is 3.89. The zero-order chi connectivity index (χ0) is 21.5. The molecule has 0 aliphatic carbocycles. The topological polar surface area (TPSA) is 114 Å². The number of hydrogen-bond donors (Lipinski definition) is 0. The first-order valence-electron chi connectivity index (χ1n) is 10.5. The van der Waals surface area contributed by atoms with Crippen molar-refractivity contribution in [2.45, 2.75) is 42.4 Å². The molecule has 164 valence electrons. The van der Waals surface area contributed by atoms with Crippen LogP contribution < -0.4 is 18.9 Å². The van der Waals surface area contributed by atoms with Crippen LogP contribution in [0, 0.1) is 6.92 Å². The molecule has 3 aromatic rings. The Kier molecular flexibility index (Phi) is 4.90. The van der Waals surface area contributed by atoms with Gasteiger partial charge in [-0.2, -0.15) is 15.3 Å². The van der Waals surface area contributed by atoms with Crippen LogP contribution >= 0.6 is 11.8 Å². The summed E-state index contributed by atoms with van der Waals surface area (Å²) in [5, 5.41) is 25.3. The van der Waals surface area contributed by atoms with E-state index in [4.69, 9.17) is 18.9 Å². The maximum absolute atomic E-state index is 6.04. The summed E-state index contributed by atoms with van der Waals surface area (Å²) in [5.41, 5.74) is 3.68. The van der Waals surface area contributed by atoms with E-state index in [1.54, 1.807) is 11.8 Å². The first-order valence-corrected chi connectivity index (χ1v) is 11.4. The van der Waals surface area contributed by atoms with Crippen molar-refractivity contribution in [1.29, 1.82) is 0 Å². The number of thioether (sulfide) groups is 1. The summed E-state index contributed by atoms with van der Waals surface area (Å²) < 4.78 is 23.0. The van der Waals surface area contributed by atoms with Crippen molar-refractivity contribution in [3.8, 4) is 23.4 Å². The Balaban J connectivity index is 1.13. The molecule has 11 heteroatoms. The first-order chi connectivity index (χ1) is 15.7. The number of fused-ring (bicyclic) bond motifs is 3. The SMILES string of the molecule is Cc1cc2c(nn1)OCC(Cc1cc3c(nn1)OCC(Cc1cc4c(nn1)OCC4)S3)O2. The lowest BCUT2D eigenvalue weighted by atomic mass is 10.1. The van der Waals surface area contributed by atoms with Crippen molar-refractivity contribution in [3.63, 3.8) is 0 Å². The molecule has 0 amide bonds. The van der Waals surface area contributed by atoms with Crippen LogP contribution in [-0.4, -0.2) is 61.8 Å². The van der Waals surface area contributed by atoms with Crippen molar-refractivity contribution in [1.82, 2.24) is 30.6 Å². The van der Waals surface area contributed by atoms with Crippen LogP contribution in [0.3, 0.4) is 0 Å². The van der Waals surface area contributed by atoms with Crippen LogP contribution in [-0.2, 0) is 19.3 Å². The van der Waals surface area contributed by atoms with E-state index in [0.717, 1.165) is 40.4 Å². The maximum Gasteiger partial charge on any atom is 0.276 e. The molecule has 0 aromatic carbocycles. The quantitative estimate of drug-likeness (QED) is 0.577. The van der Waals surface area contributed by atoms with E-state index in [1.807, 2.05) is 19.1 Å². The lowest BCUT2D eigenvalue weighted by Crippen LogP contribution is -2.32. The van der Waals surface area contributed by atoms with Gasteiger partial charge in [0.25, 0.3) is 5.88 Å². The van der Waals surface area contributed by atoms with Crippen LogP contribution in [0.15, 0.2) is 23.1 Å². The van der Waals surface area contributed by atoms with Gasteiger partial charge in [-0.15, -0.1) is 27.1 Å². The minimum atomic E-state index is -0.173. The van der Waals surface area contributed by atoms with E-state index in [1.165, 1.54) is 0 Å². The Bertz CT molecular complexity index is 1180. The van der Waals surface area contributed by atoms with E-state index < -0.39 is 0 Å². The lowest BCUT2D eigenvalue weighted by molar-refractivity contribution is 0.0839. The predicted molar refractivity (Wildman–Crippen MR) is 112 cm³/mol. The van der Waals surface area contributed by atoms with Crippen LogP contribution in [0.5, 0.6) is 23.4 Å². The molecule has 0 bridgehead atoms. The molecular formula is C21H20N6O4S. The van der Waals surface area contributed by atoms with Crippen molar-refractivity contribution >= 4 is 11.8 Å². The largest absolute Gasteiger partial charge is 0.481 e. The highest BCUT2D eigenvalue weighted by atomic mass is 32.2. The van der Waals surface area contributed by atoms with Gasteiger partial charge in [0, 0.05) is 36.1 Å². The van der Waals surface area contributed by atoms with Crippen LogP contribution in [0.2, 0.25) is 0 Å². The standard InChI is InChI=1S/C21H20N6O4S/c1-11-4-17-20(26-22-11)29-9-15(31-17)6-14-8-18-21(27-24-14)30-10-16(32-18)7-13-5-12-2-3-28-19(12)25-23-13/h4-5,8,15-16H,2-3,6-7,9-10H2,1H3. The number of nitrogens with zero attached hydrogens (tertiary/aromatic N) is 6. The molecule has 32 heavy (non-hydrogen) atoms. The predicted octanol–water partition coefficient (Wildman–Crippen LogP) is 1.78. The molecular weight excluding hydrogens is 432 g/mol. The summed E-state index contributed by atoms with van der Waals surface area (Å²) in [6.07, 6.45) is 2.05. The zero-order valence-electron chi connectivity index (χ0n) is 17.4. The molecule has 3 aliphatic heterocycles. The van der Waals surface area contributed by atoms with E-state index in [9.17, 15) is 0 Å². The third-order valence-electron chi connectivity index (χ3n) is 5.39. The average molecular weight is 452 g/mol. The molecule has 2 unspecified atom stereocenters. The molecule has 6 heterocycles. The summed E-state index contributed by atoms with van der Waals surface area (Å²) >= 11 is 1.73. The van der Waals surface area contributed by atoms with Gasteiger partial charge in [0.2, 0.25) is 11.8 Å². The first kappa shape index (κ1) is 19.5. The maximum atomic E-state index is 6.04. The molecule has 2 atom stereocenters. The van der Waals surface area contributed by atoms with Gasteiger partial charge in [0.15, 0.2) is 5.75 Å². The molecule has 0 saturated heterocycles. The second-order valence-corrected chi connectivity index (χ2v) is 9.28. The molecule has 6 rings (SSSR count). The van der Waals surface area contributed by atoms with Gasteiger partial charge in [0.05, 0.1) is 28.6 Å². The van der Waals surface area contributed by atoms with Gasteiger partial charge < -0.3 is 18.9 Å². The molecule has 0 fully saturated rings. The van der Waals surface area contributed by atoms with Gasteiger partial charge >= 0.3 is 0 Å². The van der Waals surface area contributed by atoms with E-state index in [-0.39, 0.29) is 11.4 Å². The summed E-state index contributed by atoms with van der Waals surface area (Å²) in [6.45, 7) is 3.48. The third-order valence-corrected chi connectivity index (χ3v) is 6.58. The number of rotatable bonds is 4. The van der Waals surface area contributed by atoms with Gasteiger partial charge in [-0.25, -0.2) is 0 Å². The van der Waals surface area contributed by atoms with Crippen molar-refractivity contribution in [2.75, 3.05) is 19.8 Å². The summed E-state index contributed by atoms with van der Waals surface area (Å²) in [5.74, 6) is 2.26. The highest BCUT2D eigenvalue weighted by Gasteiger charge is 2.27. The monoisotopic (exact) mass is 452 g/mol. The fourth-order valence-corrected chi connectivity index (χ4v) is 5.04. The average Bonchev–Trinajstić information content (AvgIpc) is 3.26. The molecule has 3 aliphatic rings. The van der Waals surface area contributed by atoms with E-state index in [0.29, 0.717) is 49.6 Å². The number of hydrogen-bond acceptors (Lipinski definition) is 11. The van der Waals surface area contributed by atoms with Gasteiger partial charge in [-0.3, -0.25) is 0 Å². The lowest BCUT2D eigenvalue weighted by Gasteiger charge is -2.26. The van der Waals surface area contributed by atoms with E-state index >= 15 is 0 Å². The molecule has 3 aromatic heterocycles. The molecule has 10 nitrogen and oxygen atoms in total. The Morgan fingerprint density at radius 3 is 2.59 bits per heavy atom. The Labute approximate surface area is 188 Å². The van der Waals surface area contributed by atoms with Gasteiger partial charge in [-0.05, 0) is 19.1 Å². The van der Waals surface area contributed by atoms with E-state index in [2.05, 4.69) is 36.7 Å². The Morgan fingerprint density at radius 2 is 1.66 bits per heavy atom. The highest BCUT2D eigenvalue weighted by molar-refractivity contribution is 8.00. The summed E-state index contributed by atoms with van der Waals surface area (Å²) in [6, 6.07) is 5.94. The third kappa shape index (κ3) is 3.88. The Hall–Kier alpha value is -3.21. The second-order valence-electron chi connectivity index (χ2n) is 7.93. The smallest absolute Gasteiger partial charge is 0.276 e. The van der Waals surface area contributed by atoms with Gasteiger partial charge in [0.1, 0.15) is 19.3 Å². The molecule has 0 saturated carbocycles. The van der Waals surface area contributed by atoms with Crippen LogP contribution in [0.4, 0.5) is 0 Å². The highest BCUT2D eigenvalue weighted by Crippen LogP contribution is 2.37. The summed E-state index contributed by atoms with van der Waals surface area (Å²) in [4.78, 5) is 0.975. The van der Waals surface area contributed by atoms with Gasteiger partial charge in [-0.1, -0.05) is 0 Å². The zero-order valence-corrected chi connectivity index (χ0v) is 18.2. The molecule has 0 radical (unpaired) electrons. The number of aryl methyl sites for hydroxylation is 1. The number of ether oxygens (including phenoxy) is 4. The second kappa shape index (κ2) is 8.05. The summed E-state index contributed by atoms with van der Waals surface area (Å²) in [7, 11) is 0. The van der Waals surface area contributed by atoms with Crippen molar-refractivity contribution in [2.24, 2.45) is 0 Å².